The highest BCUT2D eigenvalue weighted by molar-refractivity contribution is 5.94. The van der Waals surface area contributed by atoms with Crippen molar-refractivity contribution in [2.24, 2.45) is 0 Å². The monoisotopic (exact) mass is 386 g/mol. The average molecular weight is 386 g/mol. The fourth-order valence-electron chi connectivity index (χ4n) is 4.35. The number of aromatic amines is 1. The molecule has 28 heavy (non-hydrogen) atoms. The van der Waals surface area contributed by atoms with Gasteiger partial charge < -0.3 is 14.5 Å². The number of hydrogen-bond acceptors (Lipinski definition) is 4. The van der Waals surface area contributed by atoms with Gasteiger partial charge in [0.05, 0.1) is 17.9 Å². The van der Waals surface area contributed by atoms with Crippen molar-refractivity contribution in [3.63, 3.8) is 0 Å². The van der Waals surface area contributed by atoms with Crippen LogP contribution in [0.2, 0.25) is 0 Å². The molecule has 1 fully saturated rings. The summed E-state index contributed by atoms with van der Waals surface area (Å²) in [5.74, 6) is -0.251. The third-order valence-electron chi connectivity index (χ3n) is 5.96. The molecule has 0 spiro atoms. The Bertz CT molecular complexity index is 843. The number of nitrogens with zero attached hydrogens (tertiary/aromatic N) is 3. The Kier molecular flexibility index (Phi) is 5.10. The number of H-pyrrole nitrogens is 1. The van der Waals surface area contributed by atoms with Crippen molar-refractivity contribution in [3.8, 4) is 0 Å². The largest absolute Gasteiger partial charge is 0.371 e. The fourth-order valence-corrected chi connectivity index (χ4v) is 4.35. The molecule has 2 aliphatic heterocycles. The quantitative estimate of drug-likeness (QED) is 0.879. The predicted octanol–water partition coefficient (Wildman–Crippen LogP) is 3.31. The number of amides is 1. The molecule has 150 valence electrons. The van der Waals surface area contributed by atoms with Crippen LogP contribution in [0.5, 0.6) is 0 Å². The molecule has 0 aliphatic carbocycles. The second-order valence-electron chi connectivity index (χ2n) is 7.87. The van der Waals surface area contributed by atoms with E-state index >= 15 is 0 Å². The number of carbonyl (C=O) groups is 1. The van der Waals surface area contributed by atoms with E-state index in [1.54, 1.807) is 0 Å². The molecule has 2 aromatic rings. The zero-order valence-electron chi connectivity index (χ0n) is 16.6. The molecule has 1 saturated heterocycles. The highest BCUT2D eigenvalue weighted by Gasteiger charge is 2.33. The van der Waals surface area contributed by atoms with Crippen LogP contribution in [-0.4, -0.2) is 53.3 Å². The molecule has 0 unspecified atom stereocenters. The van der Waals surface area contributed by atoms with Crippen molar-refractivity contribution < 1.29 is 13.9 Å². The van der Waals surface area contributed by atoms with Crippen LogP contribution in [0.25, 0.3) is 0 Å². The minimum atomic E-state index is -0.222. The number of hydrogen-bond donors (Lipinski definition) is 1. The minimum Gasteiger partial charge on any atom is -0.371 e. The summed E-state index contributed by atoms with van der Waals surface area (Å²) in [6.07, 6.45) is 2.46. The molecule has 0 saturated carbocycles. The molecule has 0 bridgehead atoms. The summed E-state index contributed by atoms with van der Waals surface area (Å²) in [4.78, 5) is 17.2. The van der Waals surface area contributed by atoms with Gasteiger partial charge in [-0.15, -0.1) is 0 Å². The van der Waals surface area contributed by atoms with Crippen LogP contribution < -0.4 is 4.90 Å². The first-order valence-corrected chi connectivity index (χ1v) is 9.94. The summed E-state index contributed by atoms with van der Waals surface area (Å²) in [6.45, 7) is 5.69. The number of ether oxygens (including phenoxy) is 1. The van der Waals surface area contributed by atoms with E-state index in [1.165, 1.54) is 12.1 Å². The van der Waals surface area contributed by atoms with Gasteiger partial charge in [0.15, 0.2) is 5.69 Å². The standard InChI is InChI=1S/C21H27FN4O2/c1-13-12-18-19(14(2)28-13)23-24-20(18)21(27)25(3)16-8-10-26(11-9-16)17-6-4-15(22)5-7-17/h4-7,13-14,16H,8-12H2,1-3H3,(H,23,24)/t13-,14+/m1/s1. The fraction of sp³-hybridized carbons (Fsp3) is 0.524. The highest BCUT2D eigenvalue weighted by atomic mass is 19.1. The van der Waals surface area contributed by atoms with Gasteiger partial charge in [-0.25, -0.2) is 4.39 Å². The van der Waals surface area contributed by atoms with Crippen LogP contribution in [0.15, 0.2) is 24.3 Å². The molecule has 6 nitrogen and oxygen atoms in total. The first-order valence-electron chi connectivity index (χ1n) is 9.94. The number of rotatable bonds is 3. The number of nitrogens with one attached hydrogen (secondary N) is 1. The number of carbonyl (C=O) groups excluding carboxylic acids is 1. The van der Waals surface area contributed by atoms with E-state index in [2.05, 4.69) is 15.1 Å². The van der Waals surface area contributed by atoms with Gasteiger partial charge in [0, 0.05) is 43.9 Å². The van der Waals surface area contributed by atoms with Gasteiger partial charge >= 0.3 is 0 Å². The van der Waals surface area contributed by atoms with E-state index in [0.29, 0.717) is 12.1 Å². The summed E-state index contributed by atoms with van der Waals surface area (Å²) >= 11 is 0. The number of fused-ring (bicyclic) bond motifs is 1. The van der Waals surface area contributed by atoms with Crippen molar-refractivity contribution in [2.45, 2.75) is 51.4 Å². The summed E-state index contributed by atoms with van der Waals surface area (Å²) in [5.41, 5.74) is 3.46. The van der Waals surface area contributed by atoms with Crippen molar-refractivity contribution in [3.05, 3.63) is 47.0 Å². The topological polar surface area (TPSA) is 61.5 Å². The van der Waals surface area contributed by atoms with Crippen LogP contribution in [0.1, 0.15) is 54.5 Å². The van der Waals surface area contributed by atoms with E-state index in [-0.39, 0.29) is 30.0 Å². The Hall–Kier alpha value is -2.41. The van der Waals surface area contributed by atoms with Crippen molar-refractivity contribution >= 4 is 11.6 Å². The number of piperidine rings is 1. The third kappa shape index (κ3) is 3.51. The zero-order valence-corrected chi connectivity index (χ0v) is 16.6. The van der Waals surface area contributed by atoms with E-state index in [9.17, 15) is 9.18 Å². The number of halogens is 1. The van der Waals surface area contributed by atoms with Crippen molar-refractivity contribution in [1.29, 1.82) is 0 Å². The Morgan fingerprint density at radius 1 is 1.25 bits per heavy atom. The lowest BCUT2D eigenvalue weighted by Crippen LogP contribution is -2.46. The number of aromatic nitrogens is 2. The summed E-state index contributed by atoms with van der Waals surface area (Å²) in [6, 6.07) is 6.77. The van der Waals surface area contributed by atoms with Crippen LogP contribution in [-0.2, 0) is 11.2 Å². The van der Waals surface area contributed by atoms with Crippen LogP contribution in [0.3, 0.4) is 0 Å². The van der Waals surface area contributed by atoms with Gasteiger partial charge in [0.2, 0.25) is 0 Å². The lowest BCUT2D eigenvalue weighted by molar-refractivity contribution is -0.00703. The van der Waals surface area contributed by atoms with Gasteiger partial charge in [0.25, 0.3) is 5.91 Å². The molecule has 0 radical (unpaired) electrons. The first-order chi connectivity index (χ1) is 13.4. The molecule has 7 heteroatoms. The highest BCUT2D eigenvalue weighted by Crippen LogP contribution is 2.31. The minimum absolute atomic E-state index is 0.0287. The van der Waals surface area contributed by atoms with Gasteiger partial charge in [0.1, 0.15) is 5.82 Å². The molecule has 2 atom stereocenters. The van der Waals surface area contributed by atoms with Gasteiger partial charge in [-0.2, -0.15) is 5.10 Å². The third-order valence-corrected chi connectivity index (χ3v) is 5.96. The maximum absolute atomic E-state index is 13.1. The normalized spacial score (nSPS) is 22.8. The summed E-state index contributed by atoms with van der Waals surface area (Å²) in [5, 5.41) is 7.33. The van der Waals surface area contributed by atoms with Gasteiger partial charge in [-0.3, -0.25) is 9.89 Å². The van der Waals surface area contributed by atoms with Gasteiger partial charge in [-0.1, -0.05) is 0 Å². The SMILES string of the molecule is C[C@@H]1Cc2c(C(=O)N(C)C3CCN(c4ccc(F)cc4)CC3)n[nH]c2[C@H](C)O1. The molecule has 2 aliphatic rings. The Labute approximate surface area is 164 Å². The number of benzene rings is 1. The maximum Gasteiger partial charge on any atom is 0.274 e. The van der Waals surface area contributed by atoms with E-state index in [4.69, 9.17) is 4.74 Å². The van der Waals surface area contributed by atoms with E-state index in [1.807, 2.05) is 37.9 Å². The first kappa shape index (κ1) is 18.9. The Morgan fingerprint density at radius 2 is 1.93 bits per heavy atom. The molecule has 4 rings (SSSR count). The smallest absolute Gasteiger partial charge is 0.274 e. The van der Waals surface area contributed by atoms with Crippen LogP contribution in [0.4, 0.5) is 10.1 Å². The molecule has 1 amide bonds. The van der Waals surface area contributed by atoms with Crippen LogP contribution >= 0.6 is 0 Å². The Morgan fingerprint density at radius 3 is 2.61 bits per heavy atom. The molecule has 1 aromatic heterocycles. The summed E-state index contributed by atoms with van der Waals surface area (Å²) in [7, 11) is 1.87. The lowest BCUT2D eigenvalue weighted by Gasteiger charge is -2.37. The average Bonchev–Trinajstić information content (AvgIpc) is 3.12. The Balaban J connectivity index is 1.42. The summed E-state index contributed by atoms with van der Waals surface area (Å²) < 4.78 is 19.0. The maximum atomic E-state index is 13.1. The molecule has 1 N–H and O–H groups in total. The second-order valence-corrected chi connectivity index (χ2v) is 7.87. The van der Waals surface area contributed by atoms with Gasteiger partial charge in [-0.05, 0) is 51.0 Å². The van der Waals surface area contributed by atoms with E-state index < -0.39 is 0 Å². The van der Waals surface area contributed by atoms with E-state index in [0.717, 1.165) is 42.9 Å². The predicted molar refractivity (Wildman–Crippen MR) is 105 cm³/mol. The molecule has 3 heterocycles. The molecular weight excluding hydrogens is 359 g/mol. The van der Waals surface area contributed by atoms with Crippen LogP contribution in [0, 0.1) is 5.82 Å². The lowest BCUT2D eigenvalue weighted by atomic mass is 9.98. The second kappa shape index (κ2) is 7.54. The zero-order chi connectivity index (χ0) is 19.8. The molecule has 1 aromatic carbocycles. The van der Waals surface area contributed by atoms with Crippen molar-refractivity contribution in [1.82, 2.24) is 15.1 Å². The van der Waals surface area contributed by atoms with Crippen molar-refractivity contribution in [2.75, 3.05) is 25.0 Å². The number of anilines is 1. The molecular formula is C21H27FN4O2.